The molecule has 1 heterocycles. The Morgan fingerprint density at radius 1 is 1.11 bits per heavy atom. The topological polar surface area (TPSA) is 48.7 Å². The van der Waals surface area contributed by atoms with Crippen molar-refractivity contribution in [2.75, 3.05) is 0 Å². The van der Waals surface area contributed by atoms with Gasteiger partial charge in [-0.1, -0.05) is 18.2 Å². The van der Waals surface area contributed by atoms with Gasteiger partial charge in [0, 0.05) is 25.5 Å². The van der Waals surface area contributed by atoms with Gasteiger partial charge in [-0.25, -0.2) is 0 Å². The van der Waals surface area contributed by atoms with E-state index in [2.05, 4.69) is 22.4 Å². The Morgan fingerprint density at radius 3 is 2.50 bits per heavy atom. The van der Waals surface area contributed by atoms with Crippen molar-refractivity contribution in [1.29, 1.82) is 5.26 Å². The minimum absolute atomic E-state index is 0.696. The maximum absolute atomic E-state index is 8.71. The molecule has 0 aliphatic rings. The van der Waals surface area contributed by atoms with Gasteiger partial charge in [0.1, 0.15) is 0 Å². The standard InChI is InChI=1S/C15H15N3/c1-12-6-15(10-17-8-12)11-18-9-14-4-2-13(7-16)3-5-14/h2-6,8,10,18H,9,11H2,1H3. The molecule has 0 saturated carbocycles. The van der Waals surface area contributed by atoms with Crippen LogP contribution in [0.2, 0.25) is 0 Å². The van der Waals surface area contributed by atoms with E-state index in [-0.39, 0.29) is 0 Å². The summed E-state index contributed by atoms with van der Waals surface area (Å²) in [6.07, 6.45) is 3.73. The molecule has 0 fully saturated rings. The molecule has 0 spiro atoms. The van der Waals surface area contributed by atoms with Gasteiger partial charge in [-0.3, -0.25) is 4.98 Å². The summed E-state index contributed by atoms with van der Waals surface area (Å²) in [5, 5.41) is 12.1. The van der Waals surface area contributed by atoms with Crippen LogP contribution in [0.15, 0.2) is 42.7 Å². The fraction of sp³-hybridized carbons (Fsp3) is 0.200. The molecule has 0 unspecified atom stereocenters. The molecule has 0 aliphatic heterocycles. The third kappa shape index (κ3) is 3.41. The summed E-state index contributed by atoms with van der Waals surface area (Å²) in [4.78, 5) is 4.16. The molecule has 3 nitrogen and oxygen atoms in total. The number of nitriles is 1. The average Bonchev–Trinajstić information content (AvgIpc) is 2.40. The van der Waals surface area contributed by atoms with Crippen molar-refractivity contribution in [3.05, 3.63) is 65.0 Å². The van der Waals surface area contributed by atoms with E-state index in [4.69, 9.17) is 5.26 Å². The summed E-state index contributed by atoms with van der Waals surface area (Å²) >= 11 is 0. The largest absolute Gasteiger partial charge is 0.309 e. The molecule has 1 aromatic carbocycles. The zero-order valence-corrected chi connectivity index (χ0v) is 10.4. The van der Waals surface area contributed by atoms with Crippen molar-refractivity contribution in [2.45, 2.75) is 20.0 Å². The molecule has 2 aromatic rings. The molecule has 0 radical (unpaired) electrons. The van der Waals surface area contributed by atoms with Crippen molar-refractivity contribution < 1.29 is 0 Å². The van der Waals surface area contributed by atoms with E-state index in [9.17, 15) is 0 Å². The summed E-state index contributed by atoms with van der Waals surface area (Å²) in [6, 6.07) is 11.9. The quantitative estimate of drug-likeness (QED) is 0.889. The van der Waals surface area contributed by atoms with Crippen LogP contribution >= 0.6 is 0 Å². The Morgan fingerprint density at radius 2 is 1.83 bits per heavy atom. The van der Waals surface area contributed by atoms with Crippen LogP contribution in [0.5, 0.6) is 0 Å². The third-order valence-corrected chi connectivity index (χ3v) is 2.67. The summed E-state index contributed by atoms with van der Waals surface area (Å²) in [5.74, 6) is 0. The summed E-state index contributed by atoms with van der Waals surface area (Å²) < 4.78 is 0. The lowest BCUT2D eigenvalue weighted by Gasteiger charge is -2.05. The summed E-state index contributed by atoms with van der Waals surface area (Å²) in [5.41, 5.74) is 4.23. The molecule has 0 amide bonds. The maximum atomic E-state index is 8.71. The number of nitrogens with one attached hydrogen (secondary N) is 1. The first-order chi connectivity index (χ1) is 8.78. The lowest BCUT2D eigenvalue weighted by molar-refractivity contribution is 0.691. The number of pyridine rings is 1. The maximum Gasteiger partial charge on any atom is 0.0991 e. The molecule has 18 heavy (non-hydrogen) atoms. The highest BCUT2D eigenvalue weighted by Crippen LogP contribution is 2.04. The van der Waals surface area contributed by atoms with Gasteiger partial charge in [0.15, 0.2) is 0 Å². The number of aromatic nitrogens is 1. The second kappa shape index (κ2) is 5.95. The van der Waals surface area contributed by atoms with Crippen LogP contribution in [0.4, 0.5) is 0 Å². The first-order valence-corrected chi connectivity index (χ1v) is 5.88. The minimum atomic E-state index is 0.696. The van der Waals surface area contributed by atoms with Crippen molar-refractivity contribution in [1.82, 2.24) is 10.3 Å². The molecule has 0 aliphatic carbocycles. The van der Waals surface area contributed by atoms with Crippen LogP contribution < -0.4 is 5.32 Å². The van der Waals surface area contributed by atoms with Crippen molar-refractivity contribution in [3.63, 3.8) is 0 Å². The van der Waals surface area contributed by atoms with Gasteiger partial charge in [0.05, 0.1) is 11.6 Å². The predicted molar refractivity (Wildman–Crippen MR) is 70.7 cm³/mol. The fourth-order valence-electron chi connectivity index (χ4n) is 1.76. The number of nitrogens with zero attached hydrogens (tertiary/aromatic N) is 2. The number of rotatable bonds is 4. The highest BCUT2D eigenvalue weighted by atomic mass is 14.8. The van der Waals surface area contributed by atoms with Crippen molar-refractivity contribution >= 4 is 0 Å². The summed E-state index contributed by atoms with van der Waals surface area (Å²) in [6.45, 7) is 3.63. The second-order valence-electron chi connectivity index (χ2n) is 4.28. The van der Waals surface area contributed by atoms with Gasteiger partial charge >= 0.3 is 0 Å². The fourth-order valence-corrected chi connectivity index (χ4v) is 1.76. The van der Waals surface area contributed by atoms with Crippen LogP contribution in [0, 0.1) is 18.3 Å². The van der Waals surface area contributed by atoms with Crippen LogP contribution in [-0.2, 0) is 13.1 Å². The van der Waals surface area contributed by atoms with Crippen molar-refractivity contribution in [2.24, 2.45) is 0 Å². The third-order valence-electron chi connectivity index (χ3n) is 2.67. The smallest absolute Gasteiger partial charge is 0.0991 e. The first kappa shape index (κ1) is 12.3. The van der Waals surface area contributed by atoms with Gasteiger partial charge in [0.2, 0.25) is 0 Å². The molecular formula is C15H15N3. The van der Waals surface area contributed by atoms with Crippen LogP contribution in [0.25, 0.3) is 0 Å². The molecule has 2 rings (SSSR count). The highest BCUT2D eigenvalue weighted by Gasteiger charge is 1.96. The Balaban J connectivity index is 1.86. The molecule has 0 bridgehead atoms. The first-order valence-electron chi connectivity index (χ1n) is 5.88. The van der Waals surface area contributed by atoms with Crippen LogP contribution in [0.3, 0.4) is 0 Å². The zero-order chi connectivity index (χ0) is 12.8. The van der Waals surface area contributed by atoms with E-state index in [1.807, 2.05) is 43.6 Å². The van der Waals surface area contributed by atoms with E-state index in [1.54, 1.807) is 0 Å². The highest BCUT2D eigenvalue weighted by molar-refractivity contribution is 5.31. The summed E-state index contributed by atoms with van der Waals surface area (Å²) in [7, 11) is 0. The lowest BCUT2D eigenvalue weighted by atomic mass is 10.1. The van der Waals surface area contributed by atoms with Gasteiger partial charge in [-0.05, 0) is 35.7 Å². The molecule has 1 aromatic heterocycles. The minimum Gasteiger partial charge on any atom is -0.309 e. The Hall–Kier alpha value is -2.18. The van der Waals surface area contributed by atoms with Gasteiger partial charge in [-0.2, -0.15) is 5.26 Å². The molecule has 0 atom stereocenters. The van der Waals surface area contributed by atoms with E-state index in [0.717, 1.165) is 13.1 Å². The molecule has 0 saturated heterocycles. The SMILES string of the molecule is Cc1cncc(CNCc2ccc(C#N)cc2)c1. The molecule has 3 heteroatoms. The molecular weight excluding hydrogens is 222 g/mol. The second-order valence-corrected chi connectivity index (χ2v) is 4.28. The Kier molecular flexibility index (Phi) is 4.06. The Labute approximate surface area is 107 Å². The lowest BCUT2D eigenvalue weighted by Crippen LogP contribution is -2.12. The number of hydrogen-bond acceptors (Lipinski definition) is 3. The number of hydrogen-bond donors (Lipinski definition) is 1. The van der Waals surface area contributed by atoms with E-state index in [0.29, 0.717) is 5.56 Å². The molecule has 1 N–H and O–H groups in total. The normalized spacial score (nSPS) is 10.0. The van der Waals surface area contributed by atoms with Gasteiger partial charge in [0.25, 0.3) is 0 Å². The zero-order valence-electron chi connectivity index (χ0n) is 10.4. The van der Waals surface area contributed by atoms with Crippen molar-refractivity contribution in [3.8, 4) is 6.07 Å². The van der Waals surface area contributed by atoms with Gasteiger partial charge in [-0.15, -0.1) is 0 Å². The van der Waals surface area contributed by atoms with E-state index < -0.39 is 0 Å². The van der Waals surface area contributed by atoms with Gasteiger partial charge < -0.3 is 5.32 Å². The van der Waals surface area contributed by atoms with Crippen LogP contribution in [-0.4, -0.2) is 4.98 Å². The van der Waals surface area contributed by atoms with E-state index in [1.165, 1.54) is 16.7 Å². The molecule has 90 valence electrons. The Bertz CT molecular complexity index is 553. The monoisotopic (exact) mass is 237 g/mol. The number of benzene rings is 1. The number of aryl methyl sites for hydroxylation is 1. The van der Waals surface area contributed by atoms with Crippen LogP contribution in [0.1, 0.15) is 22.3 Å². The van der Waals surface area contributed by atoms with E-state index >= 15 is 0 Å². The predicted octanol–water partition coefficient (Wildman–Crippen LogP) is 2.55. The average molecular weight is 237 g/mol.